The Labute approximate surface area is 176 Å². The Morgan fingerprint density at radius 3 is 2.76 bits per heavy atom. The number of hydrogen-bond acceptors (Lipinski definition) is 7. The van der Waals surface area contributed by atoms with E-state index in [0.717, 1.165) is 17.2 Å². The highest BCUT2D eigenvalue weighted by molar-refractivity contribution is 8.01. The van der Waals surface area contributed by atoms with Crippen LogP contribution in [0.3, 0.4) is 0 Å². The van der Waals surface area contributed by atoms with Crippen LogP contribution >= 0.6 is 23.1 Å². The number of carbonyl (C=O) groups excluding carboxylic acids is 1. The second-order valence-electron chi connectivity index (χ2n) is 6.28. The van der Waals surface area contributed by atoms with Crippen LogP contribution in [0.5, 0.6) is 5.75 Å². The van der Waals surface area contributed by atoms with Crippen molar-refractivity contribution < 1.29 is 13.9 Å². The molecule has 0 saturated heterocycles. The first-order valence-corrected chi connectivity index (χ1v) is 11.0. The summed E-state index contributed by atoms with van der Waals surface area (Å²) in [6.07, 6.45) is 3.42. The fourth-order valence-corrected chi connectivity index (χ4v) is 4.27. The number of benzene rings is 1. The zero-order valence-corrected chi connectivity index (χ0v) is 18.0. The van der Waals surface area contributed by atoms with Crippen molar-refractivity contribution in [2.45, 2.75) is 43.2 Å². The summed E-state index contributed by atoms with van der Waals surface area (Å²) in [6, 6.07) is 5.83. The second kappa shape index (κ2) is 9.84. The fraction of sp³-hybridized carbons (Fsp3) is 0.368. The van der Waals surface area contributed by atoms with Gasteiger partial charge in [0.25, 0.3) is 5.91 Å². The number of thioether (sulfide) groups is 1. The van der Waals surface area contributed by atoms with Crippen LogP contribution in [0.1, 0.15) is 44.1 Å². The zero-order chi connectivity index (χ0) is 20.8. The van der Waals surface area contributed by atoms with Gasteiger partial charge in [-0.2, -0.15) is 5.10 Å². The summed E-state index contributed by atoms with van der Waals surface area (Å²) in [4.78, 5) is 12.8. The van der Waals surface area contributed by atoms with E-state index in [1.165, 1.54) is 28.2 Å². The average molecular weight is 436 g/mol. The van der Waals surface area contributed by atoms with Crippen LogP contribution in [0, 0.1) is 5.82 Å². The maximum Gasteiger partial charge on any atom is 0.281 e. The molecule has 10 heteroatoms. The zero-order valence-electron chi connectivity index (χ0n) is 16.4. The molecule has 0 radical (unpaired) electrons. The summed E-state index contributed by atoms with van der Waals surface area (Å²) >= 11 is 2.94. The van der Waals surface area contributed by atoms with Crippen LogP contribution in [-0.4, -0.2) is 37.7 Å². The van der Waals surface area contributed by atoms with Gasteiger partial charge >= 0.3 is 0 Å². The number of anilines is 1. The number of aromatic nitrogens is 4. The SMILES string of the molecule is CCCOc1cn(-c2ccc(F)cc2)nc1C(=O)Nc1nnc(SC(C)CC)s1. The molecule has 2 heterocycles. The first-order chi connectivity index (χ1) is 14.0. The molecule has 0 spiro atoms. The van der Waals surface area contributed by atoms with Gasteiger partial charge in [0.2, 0.25) is 5.13 Å². The van der Waals surface area contributed by atoms with Crippen molar-refractivity contribution in [2.24, 2.45) is 0 Å². The summed E-state index contributed by atoms with van der Waals surface area (Å²) in [5.41, 5.74) is 0.754. The van der Waals surface area contributed by atoms with Crippen molar-refractivity contribution in [2.75, 3.05) is 11.9 Å². The molecule has 0 aliphatic heterocycles. The van der Waals surface area contributed by atoms with Gasteiger partial charge in [-0.3, -0.25) is 10.1 Å². The van der Waals surface area contributed by atoms with Gasteiger partial charge in [-0.1, -0.05) is 43.9 Å². The Morgan fingerprint density at radius 1 is 1.31 bits per heavy atom. The number of rotatable bonds is 9. The number of ether oxygens (including phenoxy) is 1. The maximum absolute atomic E-state index is 13.2. The van der Waals surface area contributed by atoms with Crippen molar-refractivity contribution in [3.63, 3.8) is 0 Å². The largest absolute Gasteiger partial charge is 0.489 e. The number of nitrogens with zero attached hydrogens (tertiary/aromatic N) is 4. The maximum atomic E-state index is 13.2. The lowest BCUT2D eigenvalue weighted by Crippen LogP contribution is -2.14. The minimum absolute atomic E-state index is 0.133. The highest BCUT2D eigenvalue weighted by atomic mass is 32.2. The Morgan fingerprint density at radius 2 is 2.07 bits per heavy atom. The number of halogens is 1. The van der Waals surface area contributed by atoms with E-state index < -0.39 is 5.91 Å². The predicted octanol–water partition coefficient (Wildman–Crippen LogP) is 4.79. The lowest BCUT2D eigenvalue weighted by Gasteiger charge is -2.04. The van der Waals surface area contributed by atoms with E-state index in [4.69, 9.17) is 4.74 Å². The third-order valence-electron chi connectivity index (χ3n) is 3.95. The molecule has 1 atom stereocenters. The van der Waals surface area contributed by atoms with E-state index >= 15 is 0 Å². The van der Waals surface area contributed by atoms with Crippen molar-refractivity contribution in [1.29, 1.82) is 0 Å². The molecule has 7 nitrogen and oxygen atoms in total. The van der Waals surface area contributed by atoms with Crippen molar-refractivity contribution in [3.05, 3.63) is 42.0 Å². The summed E-state index contributed by atoms with van der Waals surface area (Å²) in [5.74, 6) is -0.427. The number of amides is 1. The first-order valence-electron chi connectivity index (χ1n) is 9.30. The molecule has 0 fully saturated rings. The van der Waals surface area contributed by atoms with Gasteiger partial charge in [0, 0.05) is 5.25 Å². The first kappa shape index (κ1) is 21.3. The van der Waals surface area contributed by atoms with E-state index in [2.05, 4.69) is 34.5 Å². The Hall–Kier alpha value is -2.46. The van der Waals surface area contributed by atoms with Crippen LogP contribution in [0.25, 0.3) is 5.69 Å². The number of hydrogen-bond donors (Lipinski definition) is 1. The normalized spacial score (nSPS) is 12.0. The van der Waals surface area contributed by atoms with Crippen LogP contribution in [0.15, 0.2) is 34.8 Å². The van der Waals surface area contributed by atoms with E-state index in [9.17, 15) is 9.18 Å². The second-order valence-corrected chi connectivity index (χ2v) is 8.94. The molecule has 0 aliphatic carbocycles. The van der Waals surface area contributed by atoms with Crippen LogP contribution in [0.2, 0.25) is 0 Å². The van der Waals surface area contributed by atoms with Crippen molar-refractivity contribution in [3.8, 4) is 11.4 Å². The molecular weight excluding hydrogens is 413 g/mol. The Bertz CT molecular complexity index is 958. The molecule has 0 saturated carbocycles. The molecule has 1 aromatic carbocycles. The van der Waals surface area contributed by atoms with E-state index in [1.807, 2.05) is 6.92 Å². The summed E-state index contributed by atoms with van der Waals surface area (Å²) < 4.78 is 21.2. The van der Waals surface area contributed by atoms with Crippen LogP contribution in [-0.2, 0) is 0 Å². The molecule has 2 aromatic heterocycles. The van der Waals surface area contributed by atoms with E-state index in [0.29, 0.717) is 28.4 Å². The van der Waals surface area contributed by atoms with E-state index in [-0.39, 0.29) is 11.5 Å². The number of carbonyl (C=O) groups is 1. The topological polar surface area (TPSA) is 81.9 Å². The molecular formula is C19H22FN5O2S2. The third kappa shape index (κ3) is 5.54. The fourth-order valence-electron chi connectivity index (χ4n) is 2.28. The third-order valence-corrected chi connectivity index (χ3v) is 6.14. The molecule has 0 bridgehead atoms. The van der Waals surface area contributed by atoms with Gasteiger partial charge in [0.15, 0.2) is 15.8 Å². The minimum Gasteiger partial charge on any atom is -0.489 e. The Balaban J connectivity index is 1.80. The van der Waals surface area contributed by atoms with Gasteiger partial charge in [0.05, 0.1) is 18.5 Å². The van der Waals surface area contributed by atoms with Gasteiger partial charge in [-0.15, -0.1) is 10.2 Å². The molecule has 1 N–H and O–H groups in total. The molecule has 0 aliphatic rings. The predicted molar refractivity (Wildman–Crippen MR) is 113 cm³/mol. The monoisotopic (exact) mass is 435 g/mol. The highest BCUT2D eigenvalue weighted by Gasteiger charge is 2.21. The summed E-state index contributed by atoms with van der Waals surface area (Å²) in [7, 11) is 0. The molecule has 154 valence electrons. The van der Waals surface area contributed by atoms with Crippen LogP contribution < -0.4 is 10.1 Å². The van der Waals surface area contributed by atoms with Gasteiger partial charge < -0.3 is 4.74 Å². The summed E-state index contributed by atoms with van der Waals surface area (Å²) in [5, 5.41) is 16.0. The quantitative estimate of drug-likeness (QED) is 0.384. The summed E-state index contributed by atoms with van der Waals surface area (Å²) in [6.45, 7) is 6.65. The standard InChI is InChI=1S/C19H22FN5O2S2/c1-4-10-27-15-11-25(14-8-6-13(20)7-9-14)24-16(15)17(26)21-18-22-23-19(29-18)28-12(3)5-2/h6-9,11-12H,4-5,10H2,1-3H3,(H,21,22,26). The van der Waals surface area contributed by atoms with Crippen molar-refractivity contribution in [1.82, 2.24) is 20.0 Å². The van der Waals surface area contributed by atoms with E-state index in [1.54, 1.807) is 30.1 Å². The van der Waals surface area contributed by atoms with Crippen LogP contribution in [0.4, 0.5) is 9.52 Å². The highest BCUT2D eigenvalue weighted by Crippen LogP contribution is 2.30. The smallest absolute Gasteiger partial charge is 0.281 e. The molecule has 1 unspecified atom stereocenters. The van der Waals surface area contributed by atoms with Gasteiger partial charge in [-0.05, 0) is 37.1 Å². The van der Waals surface area contributed by atoms with Crippen molar-refractivity contribution >= 4 is 34.1 Å². The average Bonchev–Trinajstić information content (AvgIpc) is 3.33. The Kier molecular flexibility index (Phi) is 7.21. The number of nitrogens with one attached hydrogen (secondary N) is 1. The lowest BCUT2D eigenvalue weighted by molar-refractivity contribution is 0.101. The van der Waals surface area contributed by atoms with Gasteiger partial charge in [0.1, 0.15) is 5.82 Å². The van der Waals surface area contributed by atoms with Gasteiger partial charge in [-0.25, -0.2) is 9.07 Å². The molecule has 29 heavy (non-hydrogen) atoms. The minimum atomic E-state index is -0.437. The molecule has 3 aromatic rings. The molecule has 3 rings (SSSR count). The lowest BCUT2D eigenvalue weighted by atomic mass is 10.3. The molecule has 1 amide bonds.